The van der Waals surface area contributed by atoms with Crippen molar-refractivity contribution in [1.29, 1.82) is 0 Å². The number of ether oxygens (including phenoxy) is 1. The van der Waals surface area contributed by atoms with E-state index in [0.717, 1.165) is 16.7 Å². The molecule has 0 atom stereocenters. The van der Waals surface area contributed by atoms with Crippen molar-refractivity contribution in [3.05, 3.63) is 69.2 Å². The molecular formula is C18H14N2O3S. The fourth-order valence-electron chi connectivity index (χ4n) is 2.77. The molecule has 0 saturated carbocycles. The first-order valence-electron chi connectivity index (χ1n) is 7.44. The van der Waals surface area contributed by atoms with E-state index in [-0.39, 0.29) is 5.56 Å². The molecule has 120 valence electrons. The van der Waals surface area contributed by atoms with E-state index in [2.05, 4.69) is 4.98 Å². The molecule has 0 unspecified atom stereocenters. The molecule has 2 heterocycles. The third-order valence-corrected chi connectivity index (χ3v) is 4.33. The van der Waals surface area contributed by atoms with Gasteiger partial charge in [-0.1, -0.05) is 24.3 Å². The van der Waals surface area contributed by atoms with Crippen molar-refractivity contribution in [2.75, 3.05) is 7.11 Å². The minimum atomic E-state index is -0.235. The van der Waals surface area contributed by atoms with Gasteiger partial charge in [-0.05, 0) is 42.0 Å². The second-order valence-corrected chi connectivity index (χ2v) is 5.86. The number of aromatic nitrogens is 2. The predicted molar refractivity (Wildman–Crippen MR) is 95.3 cm³/mol. The molecule has 0 fully saturated rings. The Hall–Kier alpha value is -2.86. The van der Waals surface area contributed by atoms with Crippen molar-refractivity contribution >= 4 is 34.3 Å². The normalized spacial score (nSPS) is 11.2. The van der Waals surface area contributed by atoms with E-state index >= 15 is 0 Å². The summed E-state index contributed by atoms with van der Waals surface area (Å²) in [4.78, 5) is 15.9. The van der Waals surface area contributed by atoms with E-state index in [1.807, 2.05) is 48.5 Å². The highest BCUT2D eigenvalue weighted by Gasteiger charge is 2.13. The van der Waals surface area contributed by atoms with Crippen LogP contribution in [0, 0.1) is 4.77 Å². The van der Waals surface area contributed by atoms with E-state index in [0.29, 0.717) is 28.0 Å². The average molecular weight is 338 g/mol. The summed E-state index contributed by atoms with van der Waals surface area (Å²) in [5.74, 6) is 0.768. The first-order chi connectivity index (χ1) is 11.7. The van der Waals surface area contributed by atoms with Crippen LogP contribution in [0.1, 0.15) is 5.56 Å². The maximum atomic E-state index is 12.8. The minimum absolute atomic E-state index is 0.235. The van der Waals surface area contributed by atoms with Crippen molar-refractivity contribution in [1.82, 2.24) is 9.55 Å². The number of fused-ring (bicyclic) bond motifs is 3. The smallest absolute Gasteiger partial charge is 0.298 e. The maximum Gasteiger partial charge on any atom is 0.298 e. The Balaban J connectivity index is 1.87. The number of nitrogens with zero attached hydrogens (tertiary/aromatic N) is 1. The van der Waals surface area contributed by atoms with Crippen LogP contribution in [0.4, 0.5) is 0 Å². The van der Waals surface area contributed by atoms with Crippen LogP contribution < -0.4 is 10.3 Å². The van der Waals surface area contributed by atoms with Crippen molar-refractivity contribution in [2.45, 2.75) is 6.54 Å². The molecule has 1 N–H and O–H groups in total. The highest BCUT2D eigenvalue weighted by Crippen LogP contribution is 2.24. The number of hydrogen-bond donors (Lipinski definition) is 1. The summed E-state index contributed by atoms with van der Waals surface area (Å²) in [7, 11) is 1.62. The second-order valence-electron chi connectivity index (χ2n) is 5.47. The minimum Gasteiger partial charge on any atom is -0.497 e. The summed E-state index contributed by atoms with van der Waals surface area (Å²) in [6, 6.07) is 15.0. The van der Waals surface area contributed by atoms with Crippen molar-refractivity contribution in [3.8, 4) is 5.75 Å². The van der Waals surface area contributed by atoms with Gasteiger partial charge < -0.3 is 14.1 Å². The fraction of sp³-hybridized carbons (Fsp3) is 0.111. The van der Waals surface area contributed by atoms with Gasteiger partial charge in [0.25, 0.3) is 5.56 Å². The molecule has 5 nitrogen and oxygen atoms in total. The van der Waals surface area contributed by atoms with Gasteiger partial charge in [-0.2, -0.15) is 0 Å². The third kappa shape index (κ3) is 2.32. The lowest BCUT2D eigenvalue weighted by molar-refractivity contribution is 0.414. The number of nitrogens with one attached hydrogen (secondary N) is 1. The van der Waals surface area contributed by atoms with Gasteiger partial charge in [-0.25, -0.2) is 0 Å². The summed E-state index contributed by atoms with van der Waals surface area (Å²) in [5, 5.41) is 0.854. The molecule has 0 saturated heterocycles. The Morgan fingerprint density at radius 2 is 1.92 bits per heavy atom. The second kappa shape index (κ2) is 5.65. The lowest BCUT2D eigenvalue weighted by Crippen LogP contribution is -2.22. The van der Waals surface area contributed by atoms with Crippen LogP contribution in [0.25, 0.3) is 22.1 Å². The molecular weight excluding hydrogens is 324 g/mol. The van der Waals surface area contributed by atoms with E-state index in [1.165, 1.54) is 4.57 Å². The van der Waals surface area contributed by atoms with E-state index < -0.39 is 0 Å². The largest absolute Gasteiger partial charge is 0.497 e. The molecule has 0 amide bonds. The topological polar surface area (TPSA) is 60.2 Å². The summed E-state index contributed by atoms with van der Waals surface area (Å²) in [6.07, 6.45) is 0. The molecule has 0 bridgehead atoms. The lowest BCUT2D eigenvalue weighted by Gasteiger charge is -2.07. The standard InChI is InChI=1S/C18H14N2O3S/c1-22-12-8-6-11(7-9-12)10-20-17(21)16-15(19-18(20)24)13-4-2-3-5-14(13)23-16/h2-9H,10H2,1H3,(H,19,24). The van der Waals surface area contributed by atoms with E-state index in [9.17, 15) is 4.79 Å². The SMILES string of the molecule is COc1ccc(Cn2c(=S)[nH]c3c(oc4ccccc43)c2=O)cc1. The van der Waals surface area contributed by atoms with Crippen LogP contribution in [-0.2, 0) is 6.54 Å². The zero-order valence-corrected chi connectivity index (χ0v) is 13.7. The van der Waals surface area contributed by atoms with E-state index in [1.54, 1.807) is 7.11 Å². The van der Waals surface area contributed by atoms with Crippen molar-refractivity contribution < 1.29 is 9.15 Å². The Morgan fingerprint density at radius 3 is 2.67 bits per heavy atom. The number of para-hydroxylation sites is 1. The van der Waals surface area contributed by atoms with Gasteiger partial charge in [0.2, 0.25) is 5.58 Å². The number of hydrogen-bond acceptors (Lipinski definition) is 4. The van der Waals surface area contributed by atoms with Gasteiger partial charge in [0.05, 0.1) is 13.7 Å². The number of furan rings is 1. The van der Waals surface area contributed by atoms with Crippen LogP contribution in [0.2, 0.25) is 0 Å². The zero-order chi connectivity index (χ0) is 16.7. The Morgan fingerprint density at radius 1 is 1.17 bits per heavy atom. The Labute approximate surface area is 142 Å². The van der Waals surface area contributed by atoms with Gasteiger partial charge >= 0.3 is 0 Å². The van der Waals surface area contributed by atoms with Gasteiger partial charge in [0, 0.05) is 5.39 Å². The quantitative estimate of drug-likeness (QED) is 0.576. The first kappa shape index (κ1) is 14.7. The van der Waals surface area contributed by atoms with Crippen LogP contribution in [-0.4, -0.2) is 16.7 Å². The monoisotopic (exact) mass is 338 g/mol. The number of rotatable bonds is 3. The molecule has 24 heavy (non-hydrogen) atoms. The Bertz CT molecular complexity index is 1150. The molecule has 2 aromatic carbocycles. The number of H-pyrrole nitrogens is 1. The molecule has 6 heteroatoms. The van der Waals surface area contributed by atoms with Gasteiger partial charge in [-0.15, -0.1) is 0 Å². The number of aromatic amines is 1. The highest BCUT2D eigenvalue weighted by molar-refractivity contribution is 7.71. The summed E-state index contributed by atoms with van der Waals surface area (Å²) >= 11 is 5.38. The van der Waals surface area contributed by atoms with Gasteiger partial charge in [0.1, 0.15) is 16.8 Å². The third-order valence-electron chi connectivity index (χ3n) is 4.01. The first-order valence-corrected chi connectivity index (χ1v) is 7.85. The van der Waals surface area contributed by atoms with Crippen LogP contribution in [0.3, 0.4) is 0 Å². The van der Waals surface area contributed by atoms with Gasteiger partial charge in [-0.3, -0.25) is 9.36 Å². The van der Waals surface area contributed by atoms with Crippen molar-refractivity contribution in [2.24, 2.45) is 0 Å². The molecule has 2 aromatic heterocycles. The highest BCUT2D eigenvalue weighted by atomic mass is 32.1. The predicted octanol–water partition coefficient (Wildman–Crippen LogP) is 3.86. The molecule has 0 spiro atoms. The molecule has 0 aliphatic carbocycles. The molecule has 0 aliphatic heterocycles. The van der Waals surface area contributed by atoms with Crippen molar-refractivity contribution in [3.63, 3.8) is 0 Å². The van der Waals surface area contributed by atoms with Gasteiger partial charge in [0.15, 0.2) is 4.77 Å². The summed E-state index contributed by atoms with van der Waals surface area (Å²) in [6.45, 7) is 0.366. The Kier molecular flexibility index (Phi) is 3.46. The molecule has 0 radical (unpaired) electrons. The maximum absolute atomic E-state index is 12.8. The number of methoxy groups -OCH3 is 1. The molecule has 4 rings (SSSR count). The molecule has 4 aromatic rings. The van der Waals surface area contributed by atoms with Crippen LogP contribution >= 0.6 is 12.2 Å². The fourth-order valence-corrected chi connectivity index (χ4v) is 3.02. The molecule has 0 aliphatic rings. The average Bonchev–Trinajstić information content (AvgIpc) is 2.98. The van der Waals surface area contributed by atoms with E-state index in [4.69, 9.17) is 21.4 Å². The summed E-state index contributed by atoms with van der Waals surface area (Å²) < 4.78 is 12.7. The lowest BCUT2D eigenvalue weighted by atomic mass is 10.2. The van der Waals surface area contributed by atoms with Crippen LogP contribution in [0.15, 0.2) is 57.7 Å². The van der Waals surface area contributed by atoms with Crippen LogP contribution in [0.5, 0.6) is 5.75 Å². The summed E-state index contributed by atoms with van der Waals surface area (Å²) in [5.41, 5.74) is 2.32. The number of benzene rings is 2. The zero-order valence-electron chi connectivity index (χ0n) is 12.9.